The van der Waals surface area contributed by atoms with Crippen molar-refractivity contribution in [3.05, 3.63) is 0 Å². The maximum absolute atomic E-state index is 12.1. The molecule has 14 heavy (non-hydrogen) atoms. The van der Waals surface area contributed by atoms with Crippen LogP contribution in [0.2, 0.25) is 0 Å². The number of hydrogen-bond acceptors (Lipinski definition) is 1. The molecule has 0 N–H and O–H groups in total. The molecule has 2 nitrogen and oxygen atoms in total. The van der Waals surface area contributed by atoms with Gasteiger partial charge in [-0.3, -0.25) is 4.79 Å². The van der Waals surface area contributed by atoms with E-state index in [1.807, 2.05) is 25.7 Å². The van der Waals surface area contributed by atoms with E-state index in [2.05, 4.69) is 20.8 Å². The Morgan fingerprint density at radius 3 is 1.79 bits per heavy atom. The van der Waals surface area contributed by atoms with E-state index in [0.717, 1.165) is 19.4 Å². The molecule has 84 valence electrons. The van der Waals surface area contributed by atoms with Gasteiger partial charge in [-0.15, -0.1) is 0 Å². The molecule has 0 aliphatic heterocycles. The molecule has 0 spiro atoms. The van der Waals surface area contributed by atoms with Crippen LogP contribution in [-0.2, 0) is 4.79 Å². The molecule has 1 amide bonds. The maximum Gasteiger partial charge on any atom is 0.228 e. The summed E-state index contributed by atoms with van der Waals surface area (Å²) in [5, 5.41) is 0. The van der Waals surface area contributed by atoms with E-state index < -0.39 is 0 Å². The van der Waals surface area contributed by atoms with E-state index in [1.165, 1.54) is 0 Å². The molecule has 0 saturated heterocycles. The predicted molar refractivity (Wildman–Crippen MR) is 61.2 cm³/mol. The predicted octanol–water partition coefficient (Wildman–Crippen LogP) is 3.07. The average molecular weight is 199 g/mol. The molecule has 0 bridgehead atoms. The van der Waals surface area contributed by atoms with E-state index >= 15 is 0 Å². The van der Waals surface area contributed by atoms with Crippen LogP contribution in [0.15, 0.2) is 0 Å². The van der Waals surface area contributed by atoms with E-state index in [1.54, 1.807) is 0 Å². The lowest BCUT2D eigenvalue weighted by atomic mass is 9.93. The Labute approximate surface area is 88.7 Å². The summed E-state index contributed by atoms with van der Waals surface area (Å²) >= 11 is 0. The summed E-state index contributed by atoms with van der Waals surface area (Å²) in [6.45, 7) is 13.1. The Morgan fingerprint density at radius 1 is 1.14 bits per heavy atom. The minimum atomic E-state index is -0.251. The molecule has 0 aromatic heterocycles. The number of carbonyl (C=O) groups excluding carboxylic acids is 1. The van der Waals surface area contributed by atoms with E-state index in [9.17, 15) is 4.79 Å². The molecule has 0 fully saturated rings. The van der Waals surface area contributed by atoms with Crippen molar-refractivity contribution in [3.8, 4) is 0 Å². The number of nitrogens with zero attached hydrogens (tertiary/aromatic N) is 1. The zero-order valence-electron chi connectivity index (χ0n) is 10.6. The van der Waals surface area contributed by atoms with Crippen molar-refractivity contribution in [1.29, 1.82) is 0 Å². The summed E-state index contributed by atoms with van der Waals surface area (Å²) in [6.07, 6.45) is 2.10. The normalized spacial score (nSPS) is 11.9. The smallest absolute Gasteiger partial charge is 0.228 e. The standard InChI is InChI=1S/C12H25NO/c1-7-10(8-2)13(9-3)11(14)12(4,5)6/h10H,7-9H2,1-6H3. The first-order valence-corrected chi connectivity index (χ1v) is 5.69. The van der Waals surface area contributed by atoms with Crippen molar-refractivity contribution >= 4 is 5.91 Å². The third-order valence-electron chi connectivity index (χ3n) is 2.63. The van der Waals surface area contributed by atoms with Gasteiger partial charge in [-0.1, -0.05) is 34.6 Å². The molecule has 0 rings (SSSR count). The molecule has 0 heterocycles. The highest BCUT2D eigenvalue weighted by atomic mass is 16.2. The van der Waals surface area contributed by atoms with Gasteiger partial charge in [-0.05, 0) is 19.8 Å². The molecule has 0 aromatic rings. The molecule has 2 heteroatoms. The Bertz CT molecular complexity index is 177. The monoisotopic (exact) mass is 199 g/mol. The highest BCUT2D eigenvalue weighted by molar-refractivity contribution is 5.81. The minimum absolute atomic E-state index is 0.251. The molecular weight excluding hydrogens is 174 g/mol. The fraction of sp³-hybridized carbons (Fsp3) is 0.917. The third kappa shape index (κ3) is 3.32. The molecule has 0 saturated carbocycles. The highest BCUT2D eigenvalue weighted by Crippen LogP contribution is 2.21. The Balaban J connectivity index is 4.63. The molecular formula is C12H25NO. The first-order valence-electron chi connectivity index (χ1n) is 5.69. The summed E-state index contributed by atoms with van der Waals surface area (Å²) in [5.74, 6) is 0.272. The average Bonchev–Trinajstić information content (AvgIpc) is 2.11. The zero-order chi connectivity index (χ0) is 11.4. The van der Waals surface area contributed by atoms with Crippen LogP contribution in [0.3, 0.4) is 0 Å². The highest BCUT2D eigenvalue weighted by Gasteiger charge is 2.29. The molecule has 0 aliphatic rings. The second kappa shape index (κ2) is 5.38. The van der Waals surface area contributed by atoms with E-state index in [4.69, 9.17) is 0 Å². The van der Waals surface area contributed by atoms with Gasteiger partial charge < -0.3 is 4.90 Å². The van der Waals surface area contributed by atoms with Crippen molar-refractivity contribution in [2.75, 3.05) is 6.54 Å². The maximum atomic E-state index is 12.1. The fourth-order valence-corrected chi connectivity index (χ4v) is 1.73. The van der Waals surface area contributed by atoms with Crippen LogP contribution in [0.4, 0.5) is 0 Å². The van der Waals surface area contributed by atoms with Gasteiger partial charge in [0.1, 0.15) is 0 Å². The van der Waals surface area contributed by atoms with Crippen LogP contribution in [0.1, 0.15) is 54.4 Å². The van der Waals surface area contributed by atoms with Crippen LogP contribution < -0.4 is 0 Å². The van der Waals surface area contributed by atoms with Gasteiger partial charge in [0.2, 0.25) is 5.91 Å². The lowest BCUT2D eigenvalue weighted by molar-refractivity contribution is -0.141. The van der Waals surface area contributed by atoms with Gasteiger partial charge >= 0.3 is 0 Å². The first-order chi connectivity index (χ1) is 6.38. The van der Waals surface area contributed by atoms with Gasteiger partial charge in [0.25, 0.3) is 0 Å². The van der Waals surface area contributed by atoms with Crippen molar-refractivity contribution in [1.82, 2.24) is 4.90 Å². The van der Waals surface area contributed by atoms with Gasteiger partial charge in [-0.2, -0.15) is 0 Å². The summed E-state index contributed by atoms with van der Waals surface area (Å²) in [4.78, 5) is 14.1. The lowest BCUT2D eigenvalue weighted by Crippen LogP contribution is -2.45. The SMILES string of the molecule is CCC(CC)N(CC)C(=O)C(C)(C)C. The van der Waals surface area contributed by atoms with Gasteiger partial charge in [-0.25, -0.2) is 0 Å². The van der Waals surface area contributed by atoms with Gasteiger partial charge in [0, 0.05) is 18.0 Å². The summed E-state index contributed by atoms with van der Waals surface area (Å²) in [6, 6.07) is 0.409. The van der Waals surface area contributed by atoms with E-state index in [0.29, 0.717) is 6.04 Å². The van der Waals surface area contributed by atoms with Crippen molar-refractivity contribution in [2.45, 2.75) is 60.4 Å². The molecule has 0 unspecified atom stereocenters. The fourth-order valence-electron chi connectivity index (χ4n) is 1.73. The molecule has 0 atom stereocenters. The lowest BCUT2D eigenvalue weighted by Gasteiger charge is -2.34. The molecule has 0 aliphatic carbocycles. The van der Waals surface area contributed by atoms with E-state index in [-0.39, 0.29) is 11.3 Å². The Morgan fingerprint density at radius 2 is 1.57 bits per heavy atom. The van der Waals surface area contributed by atoms with Crippen LogP contribution >= 0.6 is 0 Å². The third-order valence-corrected chi connectivity index (χ3v) is 2.63. The zero-order valence-corrected chi connectivity index (χ0v) is 10.6. The largest absolute Gasteiger partial charge is 0.340 e. The van der Waals surface area contributed by atoms with Crippen LogP contribution in [0.5, 0.6) is 0 Å². The Hall–Kier alpha value is -0.530. The molecule has 0 radical (unpaired) electrons. The second-order valence-electron chi connectivity index (χ2n) is 4.81. The van der Waals surface area contributed by atoms with Crippen LogP contribution in [0.25, 0.3) is 0 Å². The quantitative estimate of drug-likeness (QED) is 0.681. The van der Waals surface area contributed by atoms with Crippen molar-refractivity contribution in [2.24, 2.45) is 5.41 Å². The second-order valence-corrected chi connectivity index (χ2v) is 4.81. The van der Waals surface area contributed by atoms with Gasteiger partial charge in [0.15, 0.2) is 0 Å². The van der Waals surface area contributed by atoms with Crippen molar-refractivity contribution in [3.63, 3.8) is 0 Å². The Kier molecular flexibility index (Phi) is 5.17. The number of amides is 1. The summed E-state index contributed by atoms with van der Waals surface area (Å²) in [5.41, 5.74) is -0.251. The van der Waals surface area contributed by atoms with Crippen LogP contribution in [-0.4, -0.2) is 23.4 Å². The number of rotatable bonds is 4. The number of hydrogen-bond donors (Lipinski definition) is 0. The number of carbonyl (C=O) groups is 1. The van der Waals surface area contributed by atoms with Crippen molar-refractivity contribution < 1.29 is 4.79 Å². The summed E-state index contributed by atoms with van der Waals surface area (Å²) < 4.78 is 0. The van der Waals surface area contributed by atoms with Crippen LogP contribution in [0, 0.1) is 5.41 Å². The molecule has 0 aromatic carbocycles. The summed E-state index contributed by atoms with van der Waals surface area (Å²) in [7, 11) is 0. The minimum Gasteiger partial charge on any atom is -0.340 e. The topological polar surface area (TPSA) is 20.3 Å². The first kappa shape index (κ1) is 13.5. The van der Waals surface area contributed by atoms with Gasteiger partial charge in [0.05, 0.1) is 0 Å².